The van der Waals surface area contributed by atoms with E-state index in [-0.39, 0.29) is 11.9 Å². The van der Waals surface area contributed by atoms with Gasteiger partial charge in [-0.25, -0.2) is 9.18 Å². The van der Waals surface area contributed by atoms with Crippen LogP contribution >= 0.6 is 0 Å². The van der Waals surface area contributed by atoms with Crippen LogP contribution < -0.4 is 10.2 Å². The zero-order valence-electron chi connectivity index (χ0n) is 19.0. The van der Waals surface area contributed by atoms with Gasteiger partial charge in [-0.1, -0.05) is 64.8 Å². The van der Waals surface area contributed by atoms with Gasteiger partial charge in [-0.2, -0.15) is 4.98 Å². The van der Waals surface area contributed by atoms with E-state index in [0.717, 1.165) is 16.7 Å². The van der Waals surface area contributed by atoms with Crippen molar-refractivity contribution in [3.63, 3.8) is 0 Å². The molecule has 2 amide bonds. The first kappa shape index (κ1) is 21.6. The first-order chi connectivity index (χ1) is 16.4. The van der Waals surface area contributed by atoms with Crippen LogP contribution in [0, 0.1) is 19.7 Å². The molecule has 1 aliphatic heterocycles. The second kappa shape index (κ2) is 8.59. The molecular weight excluding hydrogens is 431 g/mol. The second-order valence-electron chi connectivity index (χ2n) is 8.40. The van der Waals surface area contributed by atoms with E-state index in [1.165, 1.54) is 12.1 Å². The van der Waals surface area contributed by atoms with Crippen LogP contribution in [0.4, 0.5) is 14.9 Å². The Balaban J connectivity index is 1.65. The van der Waals surface area contributed by atoms with Gasteiger partial charge in [0, 0.05) is 11.3 Å². The highest BCUT2D eigenvalue weighted by molar-refractivity contribution is 6.01. The molecule has 0 bridgehead atoms. The van der Waals surface area contributed by atoms with Gasteiger partial charge in [0.2, 0.25) is 5.82 Å². The Morgan fingerprint density at radius 1 is 0.941 bits per heavy atom. The molecule has 1 aliphatic rings. The number of amides is 2. The average Bonchev–Trinajstić information content (AvgIpc) is 3.30. The molecule has 1 unspecified atom stereocenters. The summed E-state index contributed by atoms with van der Waals surface area (Å²) in [4.78, 5) is 19.4. The number of hydrogen-bond donors (Lipinski definition) is 1. The van der Waals surface area contributed by atoms with Crippen molar-refractivity contribution in [2.24, 2.45) is 0 Å². The van der Waals surface area contributed by atoms with Crippen LogP contribution in [0.3, 0.4) is 0 Å². The van der Waals surface area contributed by atoms with Crippen molar-refractivity contribution in [3.05, 3.63) is 107 Å². The molecule has 6 nitrogen and oxygen atoms in total. The lowest BCUT2D eigenvalue weighted by atomic mass is 9.94. The Kier molecular flexibility index (Phi) is 5.45. The zero-order chi connectivity index (χ0) is 23.8. The Labute approximate surface area is 196 Å². The van der Waals surface area contributed by atoms with E-state index in [1.54, 1.807) is 17.0 Å². The van der Waals surface area contributed by atoms with Crippen molar-refractivity contribution in [2.45, 2.75) is 26.8 Å². The molecule has 2 heterocycles. The molecule has 1 N–H and O–H groups in total. The van der Waals surface area contributed by atoms with Crippen molar-refractivity contribution in [1.82, 2.24) is 15.5 Å². The summed E-state index contributed by atoms with van der Waals surface area (Å²) in [5, 5.41) is 7.17. The number of carbonyl (C=O) groups is 1. The van der Waals surface area contributed by atoms with Crippen LogP contribution in [-0.4, -0.2) is 16.2 Å². The SMILES string of the molecule is CC1=C(c2nc(-c3ccc(C)cc3)no2)C(c2cccc(F)c2)NC(=O)N1c1ccc(C)cc1. The summed E-state index contributed by atoms with van der Waals surface area (Å²) < 4.78 is 19.8. The Bertz CT molecular complexity index is 1390. The van der Waals surface area contributed by atoms with Crippen molar-refractivity contribution in [3.8, 4) is 11.4 Å². The van der Waals surface area contributed by atoms with Gasteiger partial charge in [-0.15, -0.1) is 0 Å². The number of aryl methyl sites for hydroxylation is 2. The Morgan fingerprint density at radius 3 is 2.29 bits per heavy atom. The van der Waals surface area contributed by atoms with Crippen LogP contribution in [0.5, 0.6) is 0 Å². The highest BCUT2D eigenvalue weighted by Gasteiger charge is 2.36. The molecule has 0 saturated carbocycles. The maximum absolute atomic E-state index is 14.1. The van der Waals surface area contributed by atoms with E-state index in [2.05, 4.69) is 15.5 Å². The van der Waals surface area contributed by atoms with Crippen molar-refractivity contribution < 1.29 is 13.7 Å². The fraction of sp³-hybridized carbons (Fsp3) is 0.148. The third kappa shape index (κ3) is 3.96. The molecule has 0 saturated heterocycles. The van der Waals surface area contributed by atoms with Gasteiger partial charge in [0.05, 0.1) is 17.3 Å². The molecule has 0 fully saturated rings. The monoisotopic (exact) mass is 454 g/mol. The fourth-order valence-electron chi connectivity index (χ4n) is 4.11. The normalized spacial score (nSPS) is 16.1. The largest absolute Gasteiger partial charge is 0.334 e. The van der Waals surface area contributed by atoms with Gasteiger partial charge in [-0.05, 0) is 50.6 Å². The number of urea groups is 1. The number of hydrogen-bond acceptors (Lipinski definition) is 4. The van der Waals surface area contributed by atoms with Crippen LogP contribution in [-0.2, 0) is 0 Å². The molecule has 0 aliphatic carbocycles. The number of carbonyl (C=O) groups excluding carboxylic acids is 1. The minimum Gasteiger partial charge on any atom is -0.334 e. The minimum absolute atomic E-state index is 0.263. The number of rotatable bonds is 4. The standard InChI is InChI=1S/C27H23FN4O2/c1-16-7-11-19(12-8-16)25-30-26(34-31-25)23-18(3)32(22-13-9-17(2)10-14-22)27(33)29-24(23)20-5-4-6-21(28)15-20/h4-15,24H,1-3H3,(H,29,33). The summed E-state index contributed by atoms with van der Waals surface area (Å²) in [5.41, 5.74) is 5.55. The van der Waals surface area contributed by atoms with Crippen LogP contribution in [0.15, 0.2) is 83.0 Å². The topological polar surface area (TPSA) is 71.3 Å². The molecule has 5 rings (SSSR count). The first-order valence-electron chi connectivity index (χ1n) is 11.0. The third-order valence-electron chi connectivity index (χ3n) is 5.93. The van der Waals surface area contributed by atoms with Gasteiger partial charge in [-0.3, -0.25) is 4.90 Å². The van der Waals surface area contributed by atoms with Gasteiger partial charge in [0.25, 0.3) is 5.89 Å². The van der Waals surface area contributed by atoms with Gasteiger partial charge >= 0.3 is 6.03 Å². The van der Waals surface area contributed by atoms with Crippen LogP contribution in [0.1, 0.15) is 35.5 Å². The van der Waals surface area contributed by atoms with E-state index in [1.807, 2.05) is 69.3 Å². The number of allylic oxidation sites excluding steroid dienone is 1. The number of benzene rings is 3. The highest BCUT2D eigenvalue weighted by Crippen LogP contribution is 2.39. The molecular formula is C27H23FN4O2. The molecule has 34 heavy (non-hydrogen) atoms. The summed E-state index contributed by atoms with van der Waals surface area (Å²) in [6.45, 7) is 5.82. The van der Waals surface area contributed by atoms with Gasteiger partial charge in [0.1, 0.15) is 5.82 Å². The van der Waals surface area contributed by atoms with E-state index in [9.17, 15) is 9.18 Å². The van der Waals surface area contributed by atoms with E-state index in [4.69, 9.17) is 4.52 Å². The lowest BCUT2D eigenvalue weighted by Gasteiger charge is -2.35. The molecule has 3 aromatic carbocycles. The summed E-state index contributed by atoms with van der Waals surface area (Å²) in [6, 6.07) is 20.6. The third-order valence-corrected chi connectivity index (χ3v) is 5.93. The number of halogens is 1. The lowest BCUT2D eigenvalue weighted by Crippen LogP contribution is -2.46. The maximum atomic E-state index is 14.1. The quantitative estimate of drug-likeness (QED) is 0.399. The number of anilines is 1. The zero-order valence-corrected chi connectivity index (χ0v) is 19.0. The smallest absolute Gasteiger partial charge is 0.326 e. The van der Waals surface area contributed by atoms with Crippen molar-refractivity contribution >= 4 is 17.3 Å². The van der Waals surface area contributed by atoms with E-state index >= 15 is 0 Å². The molecule has 4 aromatic rings. The number of nitrogens with zero attached hydrogens (tertiary/aromatic N) is 3. The van der Waals surface area contributed by atoms with Gasteiger partial charge in [0.15, 0.2) is 0 Å². The summed E-state index contributed by atoms with van der Waals surface area (Å²) in [7, 11) is 0. The fourth-order valence-corrected chi connectivity index (χ4v) is 4.11. The van der Waals surface area contributed by atoms with Gasteiger partial charge < -0.3 is 9.84 Å². The molecule has 7 heteroatoms. The second-order valence-corrected chi connectivity index (χ2v) is 8.40. The molecule has 0 radical (unpaired) electrons. The molecule has 1 aromatic heterocycles. The Morgan fingerprint density at radius 2 is 1.62 bits per heavy atom. The van der Waals surface area contributed by atoms with Crippen LogP contribution in [0.25, 0.3) is 17.0 Å². The van der Waals surface area contributed by atoms with E-state index < -0.39 is 11.9 Å². The minimum atomic E-state index is -0.656. The lowest BCUT2D eigenvalue weighted by molar-refractivity contribution is 0.244. The predicted octanol–water partition coefficient (Wildman–Crippen LogP) is 6.19. The first-order valence-corrected chi connectivity index (χ1v) is 11.0. The van der Waals surface area contributed by atoms with Crippen LogP contribution in [0.2, 0.25) is 0 Å². The molecule has 1 atom stereocenters. The number of nitrogens with one attached hydrogen (secondary N) is 1. The average molecular weight is 455 g/mol. The molecule has 170 valence electrons. The Hall–Kier alpha value is -4.26. The highest BCUT2D eigenvalue weighted by atomic mass is 19.1. The molecule has 0 spiro atoms. The summed E-state index contributed by atoms with van der Waals surface area (Å²) in [5.74, 6) is 0.308. The predicted molar refractivity (Wildman–Crippen MR) is 128 cm³/mol. The van der Waals surface area contributed by atoms with Crippen molar-refractivity contribution in [2.75, 3.05) is 4.90 Å². The maximum Gasteiger partial charge on any atom is 0.326 e. The number of aromatic nitrogens is 2. The summed E-state index contributed by atoms with van der Waals surface area (Å²) >= 11 is 0. The summed E-state index contributed by atoms with van der Waals surface area (Å²) in [6.07, 6.45) is 0. The van der Waals surface area contributed by atoms with Crippen molar-refractivity contribution in [1.29, 1.82) is 0 Å². The van der Waals surface area contributed by atoms with E-state index in [0.29, 0.717) is 28.3 Å².